The maximum absolute atomic E-state index is 3.46. The van der Waals surface area contributed by atoms with E-state index in [4.69, 9.17) is 0 Å². The molecule has 1 heterocycles. The Balaban J connectivity index is 2.27. The SMILES string of the molecule is Cc1cccc2ccn(-c3ccc(Br)cc3)c12. The van der Waals surface area contributed by atoms with Gasteiger partial charge in [0.05, 0.1) is 5.52 Å². The van der Waals surface area contributed by atoms with Crippen molar-refractivity contribution < 1.29 is 0 Å². The molecule has 0 saturated carbocycles. The van der Waals surface area contributed by atoms with Crippen molar-refractivity contribution in [3.63, 3.8) is 0 Å². The van der Waals surface area contributed by atoms with Crippen LogP contribution in [0, 0.1) is 6.92 Å². The molecule has 84 valence electrons. The van der Waals surface area contributed by atoms with E-state index in [1.807, 2.05) is 0 Å². The van der Waals surface area contributed by atoms with Crippen LogP contribution in [0.3, 0.4) is 0 Å². The summed E-state index contributed by atoms with van der Waals surface area (Å²) in [4.78, 5) is 0. The van der Waals surface area contributed by atoms with E-state index in [-0.39, 0.29) is 0 Å². The molecule has 0 aliphatic carbocycles. The van der Waals surface area contributed by atoms with E-state index in [9.17, 15) is 0 Å². The Labute approximate surface area is 109 Å². The van der Waals surface area contributed by atoms with Gasteiger partial charge in [-0.15, -0.1) is 0 Å². The summed E-state index contributed by atoms with van der Waals surface area (Å²) >= 11 is 3.46. The minimum atomic E-state index is 1.11. The molecule has 0 radical (unpaired) electrons. The van der Waals surface area contributed by atoms with Crippen LogP contribution in [0.1, 0.15) is 5.56 Å². The minimum absolute atomic E-state index is 1.11. The smallest absolute Gasteiger partial charge is 0.0557 e. The standard InChI is InChI=1S/C15H12BrN/c1-11-3-2-4-12-9-10-17(15(11)12)14-7-5-13(16)6-8-14/h2-10H,1H3. The van der Waals surface area contributed by atoms with Crippen LogP contribution in [-0.4, -0.2) is 4.57 Å². The summed E-state index contributed by atoms with van der Waals surface area (Å²) in [5, 5.41) is 1.29. The summed E-state index contributed by atoms with van der Waals surface area (Å²) in [7, 11) is 0. The first kappa shape index (κ1) is 10.6. The monoisotopic (exact) mass is 285 g/mol. The van der Waals surface area contributed by atoms with Crippen molar-refractivity contribution in [1.29, 1.82) is 0 Å². The second-order valence-electron chi connectivity index (χ2n) is 4.17. The van der Waals surface area contributed by atoms with Gasteiger partial charge in [0.2, 0.25) is 0 Å². The molecule has 0 spiro atoms. The van der Waals surface area contributed by atoms with Gasteiger partial charge in [-0.25, -0.2) is 0 Å². The fourth-order valence-corrected chi connectivity index (χ4v) is 2.46. The van der Waals surface area contributed by atoms with Crippen LogP contribution in [0.4, 0.5) is 0 Å². The zero-order valence-corrected chi connectivity index (χ0v) is 11.1. The van der Waals surface area contributed by atoms with E-state index < -0.39 is 0 Å². The number of aromatic nitrogens is 1. The molecular weight excluding hydrogens is 274 g/mol. The number of hydrogen-bond donors (Lipinski definition) is 0. The van der Waals surface area contributed by atoms with Gasteiger partial charge in [-0.3, -0.25) is 0 Å². The van der Waals surface area contributed by atoms with Crippen molar-refractivity contribution >= 4 is 26.8 Å². The highest BCUT2D eigenvalue weighted by Gasteiger charge is 2.04. The Hall–Kier alpha value is -1.54. The van der Waals surface area contributed by atoms with Gasteiger partial charge in [-0.2, -0.15) is 0 Å². The van der Waals surface area contributed by atoms with Gasteiger partial charge in [-0.05, 0) is 42.8 Å². The van der Waals surface area contributed by atoms with Crippen LogP contribution < -0.4 is 0 Å². The van der Waals surface area contributed by atoms with Crippen LogP contribution in [0.15, 0.2) is 59.2 Å². The van der Waals surface area contributed by atoms with Gasteiger partial charge < -0.3 is 4.57 Å². The van der Waals surface area contributed by atoms with E-state index in [1.165, 1.54) is 22.2 Å². The largest absolute Gasteiger partial charge is 0.316 e. The van der Waals surface area contributed by atoms with Crippen molar-refractivity contribution in [3.8, 4) is 5.69 Å². The highest BCUT2D eigenvalue weighted by molar-refractivity contribution is 9.10. The lowest BCUT2D eigenvalue weighted by Crippen LogP contribution is -1.92. The molecule has 0 aliphatic heterocycles. The topological polar surface area (TPSA) is 4.93 Å². The molecule has 2 heteroatoms. The second-order valence-corrected chi connectivity index (χ2v) is 5.09. The summed E-state index contributed by atoms with van der Waals surface area (Å²) in [6.07, 6.45) is 2.13. The molecule has 3 rings (SSSR count). The molecule has 0 fully saturated rings. The zero-order valence-electron chi connectivity index (χ0n) is 9.52. The van der Waals surface area contributed by atoms with Crippen molar-refractivity contribution in [2.24, 2.45) is 0 Å². The quantitative estimate of drug-likeness (QED) is 0.611. The fraction of sp³-hybridized carbons (Fsp3) is 0.0667. The molecule has 1 nitrogen and oxygen atoms in total. The summed E-state index contributed by atoms with van der Waals surface area (Å²) in [5.41, 5.74) is 3.78. The average Bonchev–Trinajstić information content (AvgIpc) is 2.75. The molecule has 0 aliphatic rings. The molecule has 0 saturated heterocycles. The molecule has 1 aromatic heterocycles. The Bertz CT molecular complexity index is 665. The van der Waals surface area contributed by atoms with Gasteiger partial charge in [0.25, 0.3) is 0 Å². The van der Waals surface area contributed by atoms with Crippen LogP contribution in [0.2, 0.25) is 0 Å². The number of fused-ring (bicyclic) bond motifs is 1. The molecule has 2 aromatic carbocycles. The highest BCUT2D eigenvalue weighted by atomic mass is 79.9. The van der Waals surface area contributed by atoms with Crippen LogP contribution in [-0.2, 0) is 0 Å². The molecule has 0 amide bonds. The van der Waals surface area contributed by atoms with Gasteiger partial charge >= 0.3 is 0 Å². The average molecular weight is 286 g/mol. The van der Waals surface area contributed by atoms with E-state index >= 15 is 0 Å². The predicted molar refractivity (Wildman–Crippen MR) is 75.7 cm³/mol. The third-order valence-electron chi connectivity index (χ3n) is 3.02. The second kappa shape index (κ2) is 4.04. The van der Waals surface area contributed by atoms with Crippen LogP contribution in [0.25, 0.3) is 16.6 Å². The highest BCUT2D eigenvalue weighted by Crippen LogP contribution is 2.24. The van der Waals surface area contributed by atoms with E-state index in [2.05, 4.69) is 82.1 Å². The number of benzene rings is 2. The molecule has 17 heavy (non-hydrogen) atoms. The number of rotatable bonds is 1. The summed E-state index contributed by atoms with van der Waals surface area (Å²) in [6.45, 7) is 2.15. The van der Waals surface area contributed by atoms with Gasteiger partial charge in [-0.1, -0.05) is 34.1 Å². The van der Waals surface area contributed by atoms with E-state index in [1.54, 1.807) is 0 Å². The normalized spacial score (nSPS) is 10.9. The number of para-hydroxylation sites is 1. The molecule has 0 N–H and O–H groups in total. The number of aryl methyl sites for hydroxylation is 1. The number of halogens is 1. The van der Waals surface area contributed by atoms with E-state index in [0.717, 1.165) is 4.47 Å². The van der Waals surface area contributed by atoms with Crippen LogP contribution >= 0.6 is 15.9 Å². The third kappa shape index (κ3) is 1.79. The Morgan fingerprint density at radius 2 is 1.71 bits per heavy atom. The summed E-state index contributed by atoms with van der Waals surface area (Å²) in [6, 6.07) is 16.9. The summed E-state index contributed by atoms with van der Waals surface area (Å²) < 4.78 is 3.34. The van der Waals surface area contributed by atoms with Crippen LogP contribution in [0.5, 0.6) is 0 Å². The maximum atomic E-state index is 3.46. The Morgan fingerprint density at radius 3 is 2.47 bits per heavy atom. The first-order valence-corrected chi connectivity index (χ1v) is 6.37. The first-order valence-electron chi connectivity index (χ1n) is 5.58. The molecule has 0 atom stereocenters. The summed E-state index contributed by atoms with van der Waals surface area (Å²) in [5.74, 6) is 0. The Morgan fingerprint density at radius 1 is 0.941 bits per heavy atom. The van der Waals surface area contributed by atoms with Crippen molar-refractivity contribution in [2.75, 3.05) is 0 Å². The molecule has 0 bridgehead atoms. The van der Waals surface area contributed by atoms with E-state index in [0.29, 0.717) is 0 Å². The number of nitrogens with zero attached hydrogens (tertiary/aromatic N) is 1. The lowest BCUT2D eigenvalue weighted by Gasteiger charge is -2.07. The van der Waals surface area contributed by atoms with Crippen molar-refractivity contribution in [3.05, 3.63) is 64.8 Å². The van der Waals surface area contributed by atoms with Gasteiger partial charge in [0.1, 0.15) is 0 Å². The predicted octanol–water partition coefficient (Wildman–Crippen LogP) is 4.70. The van der Waals surface area contributed by atoms with Crippen molar-refractivity contribution in [1.82, 2.24) is 4.57 Å². The lowest BCUT2D eigenvalue weighted by molar-refractivity contribution is 1.12. The maximum Gasteiger partial charge on any atom is 0.0557 e. The zero-order chi connectivity index (χ0) is 11.8. The van der Waals surface area contributed by atoms with Gasteiger partial charge in [0.15, 0.2) is 0 Å². The molecule has 0 unspecified atom stereocenters. The Kier molecular flexibility index (Phi) is 2.52. The van der Waals surface area contributed by atoms with Crippen molar-refractivity contribution in [2.45, 2.75) is 6.92 Å². The number of hydrogen-bond acceptors (Lipinski definition) is 0. The van der Waals surface area contributed by atoms with Gasteiger partial charge in [0, 0.05) is 21.7 Å². The third-order valence-corrected chi connectivity index (χ3v) is 3.55. The lowest BCUT2D eigenvalue weighted by atomic mass is 10.1. The molecular formula is C15H12BrN. The molecule has 3 aromatic rings. The first-order chi connectivity index (χ1) is 8.25. The fourth-order valence-electron chi connectivity index (χ4n) is 2.19. The minimum Gasteiger partial charge on any atom is -0.316 e.